The third-order valence-electron chi connectivity index (χ3n) is 0.740. The number of aromatic nitrogens is 2. The fraction of sp³-hybridized carbons (Fsp3) is 0. The van der Waals surface area contributed by atoms with Gasteiger partial charge in [0.2, 0.25) is 0 Å². The van der Waals surface area contributed by atoms with E-state index in [4.69, 9.17) is 5.73 Å². The van der Waals surface area contributed by atoms with E-state index in [0.717, 1.165) is 0 Å². The molecule has 1 rings (SSSR count). The summed E-state index contributed by atoms with van der Waals surface area (Å²) >= 11 is 4.54. The fourth-order valence-corrected chi connectivity index (χ4v) is 0.659. The van der Waals surface area contributed by atoms with E-state index in [2.05, 4.69) is 22.6 Å². The van der Waals surface area contributed by atoms with E-state index in [1.54, 1.807) is 0 Å². The van der Waals surface area contributed by atoms with Crippen LogP contribution >= 0.6 is 0 Å². The molecule has 4 nitrogen and oxygen atoms in total. The molecule has 0 aliphatic rings. The number of aromatic amines is 1. The average molecular weight is 337 g/mol. The van der Waals surface area contributed by atoms with Crippen molar-refractivity contribution in [2.24, 2.45) is 0 Å². The predicted molar refractivity (Wildman–Crippen MR) is 34.9 cm³/mol. The number of nitrogens with one attached hydrogen (secondary N) is 1. The van der Waals surface area contributed by atoms with Crippen molar-refractivity contribution in [3.8, 4) is 0 Å². The van der Waals surface area contributed by atoms with Crippen LogP contribution in [0, 0.1) is 0 Å². The fourth-order valence-electron chi connectivity index (χ4n) is 0.453. The van der Waals surface area contributed by atoms with E-state index < -0.39 is 0 Å². The number of nitrogens with two attached hydrogens (primary N) is 1. The molecule has 0 radical (unpaired) electrons. The minimum Gasteiger partial charge on any atom is -0.742 e. The van der Waals surface area contributed by atoms with Crippen molar-refractivity contribution in [2.75, 3.05) is 5.73 Å². The molecule has 6 heteroatoms. The second kappa shape index (κ2) is 3.68. The molecule has 0 saturated heterocycles. The Kier molecular flexibility index (Phi) is 3.53. The van der Waals surface area contributed by atoms with Gasteiger partial charge in [-0.3, -0.25) is 4.79 Å². The second-order valence-electron chi connectivity index (χ2n) is 1.48. The summed E-state index contributed by atoms with van der Waals surface area (Å²) in [5.74, 6) is 0.156. The Morgan fingerprint density at radius 3 is 2.70 bits per heavy atom. The van der Waals surface area contributed by atoms with Crippen LogP contribution in [-0.2, 0) is 33.7 Å². The van der Waals surface area contributed by atoms with Gasteiger partial charge in [0.1, 0.15) is 5.82 Å². The molecule has 0 aromatic carbocycles. The van der Waals surface area contributed by atoms with Gasteiger partial charge < -0.3 is 23.3 Å². The second-order valence-corrected chi connectivity index (χ2v) is 1.86. The third kappa shape index (κ3) is 2.45. The number of H-pyrrole nitrogens is 1. The average Bonchev–Trinajstić information content (AvgIpc) is 1.59. The van der Waals surface area contributed by atoms with E-state index in [9.17, 15) is 4.79 Å². The van der Waals surface area contributed by atoms with E-state index >= 15 is 0 Å². The van der Waals surface area contributed by atoms with E-state index in [1.807, 2.05) is 0 Å². The summed E-state index contributed by atoms with van der Waals surface area (Å²) in [5.41, 5.74) is 4.85. The van der Waals surface area contributed by atoms with Gasteiger partial charge in [-0.25, -0.2) is 4.98 Å². The quantitative estimate of drug-likeness (QED) is 0.483. The van der Waals surface area contributed by atoms with Crippen molar-refractivity contribution in [3.63, 3.8) is 0 Å². The van der Waals surface area contributed by atoms with Crippen LogP contribution in [0.5, 0.6) is 0 Å². The zero-order valence-corrected chi connectivity index (χ0v) is 7.82. The standard InChI is InChI=1S/C4H5N3OS.Pt/c5-2-1-3(8)7-4(9)6-2;/h1H,(H4,5,6,7,8,9);/q;+2/p-1. The minimum absolute atomic E-state index is 0. The molecule has 56 valence electrons. The number of hydrogen-bond donors (Lipinski definition) is 2. The topological polar surface area (TPSA) is 71.8 Å². The van der Waals surface area contributed by atoms with Crippen LogP contribution in [-0.4, -0.2) is 9.97 Å². The van der Waals surface area contributed by atoms with Gasteiger partial charge >= 0.3 is 21.1 Å². The predicted octanol–water partition coefficient (Wildman–Crippen LogP) is -0.745. The molecule has 1 aromatic heterocycles. The number of hydrogen-bond acceptors (Lipinski definition) is 4. The largest absolute Gasteiger partial charge is 2.00 e. The van der Waals surface area contributed by atoms with Gasteiger partial charge in [-0.05, 0) is 5.16 Å². The molecular weight excluding hydrogens is 333 g/mol. The van der Waals surface area contributed by atoms with Crippen molar-refractivity contribution in [3.05, 3.63) is 16.4 Å². The summed E-state index contributed by atoms with van der Waals surface area (Å²) < 4.78 is 0. The third-order valence-corrected chi connectivity index (χ3v) is 0.933. The Morgan fingerprint density at radius 1 is 1.70 bits per heavy atom. The Morgan fingerprint density at radius 2 is 2.30 bits per heavy atom. The SMILES string of the molecule is Nc1cc(=O)[nH]c([S-])n1.[Pt+2]. The van der Waals surface area contributed by atoms with E-state index in [-0.39, 0.29) is 37.6 Å². The van der Waals surface area contributed by atoms with Crippen molar-refractivity contribution in [1.82, 2.24) is 9.97 Å². The Hall–Kier alpha value is -0.412. The van der Waals surface area contributed by atoms with Crippen LogP contribution in [0.3, 0.4) is 0 Å². The molecule has 1 heterocycles. The Balaban J connectivity index is 0.000000810. The summed E-state index contributed by atoms with van der Waals surface area (Å²) in [6.45, 7) is 0. The number of anilines is 1. The van der Waals surface area contributed by atoms with Crippen LogP contribution in [0.2, 0.25) is 0 Å². The zero-order chi connectivity index (χ0) is 6.85. The van der Waals surface area contributed by atoms with Crippen LogP contribution in [0.15, 0.2) is 16.0 Å². The van der Waals surface area contributed by atoms with Gasteiger partial charge in [0.25, 0.3) is 5.56 Å². The molecule has 0 saturated carbocycles. The molecule has 10 heavy (non-hydrogen) atoms. The summed E-state index contributed by atoms with van der Waals surface area (Å²) in [6.07, 6.45) is 0. The molecule has 0 atom stereocenters. The van der Waals surface area contributed by atoms with Gasteiger partial charge in [-0.15, -0.1) is 0 Å². The molecular formula is C4H4N3OPtS+. The maximum absolute atomic E-state index is 10.5. The van der Waals surface area contributed by atoms with Crippen LogP contribution in [0.4, 0.5) is 5.82 Å². The first-order valence-corrected chi connectivity index (χ1v) is 2.63. The van der Waals surface area contributed by atoms with E-state index in [0.29, 0.717) is 0 Å². The molecule has 0 unspecified atom stereocenters. The zero-order valence-electron chi connectivity index (χ0n) is 4.73. The molecule has 0 amide bonds. The van der Waals surface area contributed by atoms with Gasteiger partial charge in [0.05, 0.1) is 0 Å². The Bertz CT molecular complexity index is 250. The summed E-state index contributed by atoms with van der Waals surface area (Å²) in [4.78, 5) is 16.3. The monoisotopic (exact) mass is 337 g/mol. The molecule has 0 spiro atoms. The number of rotatable bonds is 0. The molecule has 0 aliphatic carbocycles. The van der Waals surface area contributed by atoms with Crippen LogP contribution in [0.25, 0.3) is 0 Å². The van der Waals surface area contributed by atoms with Crippen LogP contribution < -0.4 is 11.3 Å². The summed E-state index contributed by atoms with van der Waals surface area (Å²) in [7, 11) is 0. The van der Waals surface area contributed by atoms with Crippen molar-refractivity contribution in [1.29, 1.82) is 0 Å². The normalized spacial score (nSPS) is 8.40. The molecule has 3 N–H and O–H groups in total. The van der Waals surface area contributed by atoms with Crippen molar-refractivity contribution < 1.29 is 21.1 Å². The van der Waals surface area contributed by atoms with Gasteiger partial charge in [0.15, 0.2) is 0 Å². The maximum Gasteiger partial charge on any atom is 2.00 e. The first kappa shape index (κ1) is 9.59. The van der Waals surface area contributed by atoms with Crippen molar-refractivity contribution >= 4 is 18.4 Å². The Labute approximate surface area is 76.9 Å². The maximum atomic E-state index is 10.5. The number of nitrogen functional groups attached to an aromatic ring is 1. The summed E-state index contributed by atoms with van der Waals surface area (Å²) in [6, 6.07) is 1.18. The molecule has 1 aromatic rings. The van der Waals surface area contributed by atoms with Gasteiger partial charge in [0, 0.05) is 6.07 Å². The molecule has 0 fully saturated rings. The minimum atomic E-state index is -0.312. The molecule has 0 bridgehead atoms. The molecule has 0 aliphatic heterocycles. The van der Waals surface area contributed by atoms with E-state index in [1.165, 1.54) is 6.07 Å². The first-order chi connectivity index (χ1) is 4.18. The van der Waals surface area contributed by atoms with Crippen molar-refractivity contribution in [2.45, 2.75) is 5.16 Å². The smallest absolute Gasteiger partial charge is 0.742 e. The summed E-state index contributed by atoms with van der Waals surface area (Å²) in [5, 5.41) is 0.125. The van der Waals surface area contributed by atoms with Gasteiger partial charge in [-0.1, -0.05) is 0 Å². The first-order valence-electron chi connectivity index (χ1n) is 2.22. The van der Waals surface area contributed by atoms with Gasteiger partial charge in [-0.2, -0.15) is 0 Å². The number of nitrogens with zero attached hydrogens (tertiary/aromatic N) is 1. The van der Waals surface area contributed by atoms with Crippen LogP contribution in [0.1, 0.15) is 0 Å².